The third-order valence-corrected chi connectivity index (χ3v) is 17.7. The van der Waals surface area contributed by atoms with Gasteiger partial charge in [-0.25, -0.2) is 0 Å². The minimum atomic E-state index is -0.291. The smallest absolute Gasteiger partial charge is 0.0637 e. The third-order valence-electron chi connectivity index (χ3n) is 6.37. The van der Waals surface area contributed by atoms with Gasteiger partial charge in [-0.2, -0.15) is 145 Å². The molecule has 0 aromatic heterocycles. The number of hydrogen-bond acceptors (Lipinski definition) is 16. The summed E-state index contributed by atoms with van der Waals surface area (Å²) in [6.45, 7) is 5.52. The lowest BCUT2D eigenvalue weighted by molar-refractivity contribution is -0.106. The minimum absolute atomic E-state index is 0.291. The molecule has 0 aromatic rings. The fourth-order valence-electron chi connectivity index (χ4n) is 4.00. The zero-order chi connectivity index (χ0) is 35.6. The monoisotopic (exact) mass is 912 g/mol. The van der Waals surface area contributed by atoms with E-state index in [9.17, 15) is 0 Å². The summed E-state index contributed by atoms with van der Waals surface area (Å²) in [7, 11) is 0. The molecule has 0 heterocycles. The van der Waals surface area contributed by atoms with Crippen molar-refractivity contribution in [2.24, 2.45) is 5.41 Å². The fraction of sp³-hybridized carbons (Fsp3) is 1.00. The molecule has 0 saturated carbocycles. The Morgan fingerprint density at radius 1 is 0.286 bits per heavy atom. The maximum Gasteiger partial charge on any atom is 0.0637 e. The van der Waals surface area contributed by atoms with Gasteiger partial charge in [-0.1, -0.05) is 0 Å². The van der Waals surface area contributed by atoms with Gasteiger partial charge in [0.15, 0.2) is 0 Å². The number of thiol groups is 4. The van der Waals surface area contributed by atoms with Crippen molar-refractivity contribution in [1.29, 1.82) is 0 Å². The highest BCUT2D eigenvalue weighted by Crippen LogP contribution is 2.23. The molecule has 0 amide bonds. The van der Waals surface area contributed by atoms with Crippen LogP contribution < -0.4 is 0 Å². The van der Waals surface area contributed by atoms with E-state index in [4.69, 9.17) is 18.9 Å². The molecule has 0 unspecified atom stereocenters. The summed E-state index contributed by atoms with van der Waals surface area (Å²) < 4.78 is 25.5. The van der Waals surface area contributed by atoms with Gasteiger partial charge in [-0.05, 0) is 71.7 Å². The van der Waals surface area contributed by atoms with Gasteiger partial charge in [0.05, 0.1) is 31.8 Å². The Bertz CT molecular complexity index is 519. The van der Waals surface area contributed by atoms with Crippen molar-refractivity contribution in [2.75, 3.05) is 168 Å². The van der Waals surface area contributed by atoms with E-state index in [-0.39, 0.29) is 5.41 Å². The van der Waals surface area contributed by atoms with Crippen LogP contribution in [0.15, 0.2) is 0 Å². The van der Waals surface area contributed by atoms with Crippen LogP contribution in [0.25, 0.3) is 0 Å². The Hall–Kier alpha value is 4.04. The van der Waals surface area contributed by atoms with Crippen LogP contribution in [0.5, 0.6) is 0 Å². The second kappa shape index (κ2) is 46.4. The third kappa shape index (κ3) is 41.5. The number of rotatable bonds is 44. The molecule has 0 aliphatic carbocycles. The van der Waals surface area contributed by atoms with E-state index >= 15 is 0 Å². The average Bonchev–Trinajstić information content (AvgIpc) is 3.11. The van der Waals surface area contributed by atoms with Crippen LogP contribution in [0.4, 0.5) is 0 Å². The lowest BCUT2D eigenvalue weighted by atomic mass is 9.92. The molecule has 49 heavy (non-hydrogen) atoms. The predicted molar refractivity (Wildman–Crippen MR) is 258 cm³/mol. The van der Waals surface area contributed by atoms with Crippen LogP contribution in [-0.4, -0.2) is 168 Å². The lowest BCUT2D eigenvalue weighted by Crippen LogP contribution is -2.42. The highest BCUT2D eigenvalue weighted by Gasteiger charge is 2.32. The van der Waals surface area contributed by atoms with E-state index in [0.29, 0.717) is 26.4 Å². The van der Waals surface area contributed by atoms with E-state index in [1.165, 1.54) is 46.0 Å². The van der Waals surface area contributed by atoms with E-state index in [0.717, 1.165) is 121 Å². The molecule has 0 atom stereocenters. The van der Waals surface area contributed by atoms with Gasteiger partial charge in [-0.15, -0.1) is 0 Å². The first-order valence-corrected chi connectivity index (χ1v) is 29.4. The van der Waals surface area contributed by atoms with Crippen LogP contribution in [0.3, 0.4) is 0 Å². The second-order valence-electron chi connectivity index (χ2n) is 10.9. The van der Waals surface area contributed by atoms with Crippen molar-refractivity contribution in [1.82, 2.24) is 0 Å². The molecule has 16 heteroatoms. The Morgan fingerprint density at radius 2 is 0.490 bits per heavy atom. The highest BCUT2D eigenvalue weighted by atomic mass is 32.2. The molecular weight excluding hydrogens is 845 g/mol. The summed E-state index contributed by atoms with van der Waals surface area (Å²) in [5.74, 6) is 22.6. The summed E-state index contributed by atoms with van der Waals surface area (Å²) >= 11 is 33.3. The predicted octanol–water partition coefficient (Wildman–Crippen LogP) is 9.18. The molecule has 0 fully saturated rings. The summed E-state index contributed by atoms with van der Waals surface area (Å²) in [6.07, 6.45) is 4.27. The van der Waals surface area contributed by atoms with Crippen LogP contribution in [0.1, 0.15) is 25.7 Å². The summed E-state index contributed by atoms with van der Waals surface area (Å²) in [5, 5.41) is 0. The summed E-state index contributed by atoms with van der Waals surface area (Å²) in [4.78, 5) is 0. The average molecular weight is 914 g/mol. The van der Waals surface area contributed by atoms with Crippen LogP contribution in [0, 0.1) is 5.41 Å². The molecule has 0 aliphatic heterocycles. The van der Waals surface area contributed by atoms with Gasteiger partial charge in [0.2, 0.25) is 0 Å². The Labute approximate surface area is 358 Å². The highest BCUT2D eigenvalue weighted by molar-refractivity contribution is 8.04. The Morgan fingerprint density at radius 3 is 0.694 bits per heavy atom. The number of hydrogen-bond donors (Lipinski definition) is 4. The molecule has 0 spiro atoms. The molecule has 0 N–H and O–H groups in total. The zero-order valence-corrected chi connectivity index (χ0v) is 39.9. The van der Waals surface area contributed by atoms with E-state index in [1.807, 2.05) is 94.1 Å². The standard InChI is InChI=1S/C33H68O4S12/c38-9-17-46-25-21-42-13-1-5-34-29-33(30-35-6-2-14-43-22-26-47-18-10-39,31-36-7-3-15-44-23-27-48-19-11-40)32-37-8-4-16-45-24-28-49-20-12-41/h38-41H,1-32H2. The topological polar surface area (TPSA) is 36.9 Å². The second-order valence-corrected chi connectivity index (χ2v) is 22.5. The molecular formula is C33H68O4S12. The van der Waals surface area contributed by atoms with Gasteiger partial charge < -0.3 is 18.9 Å². The van der Waals surface area contributed by atoms with Crippen LogP contribution in [0.2, 0.25) is 0 Å². The molecule has 296 valence electrons. The van der Waals surface area contributed by atoms with Crippen LogP contribution in [-0.2, 0) is 18.9 Å². The van der Waals surface area contributed by atoms with Crippen molar-refractivity contribution in [3.63, 3.8) is 0 Å². The van der Waals surface area contributed by atoms with Crippen molar-refractivity contribution in [3.05, 3.63) is 0 Å². The first-order chi connectivity index (χ1) is 24.2. The quantitative estimate of drug-likeness (QED) is 0.0348. The van der Waals surface area contributed by atoms with E-state index in [1.54, 1.807) is 0 Å². The van der Waals surface area contributed by atoms with Crippen molar-refractivity contribution < 1.29 is 18.9 Å². The normalized spacial score (nSPS) is 12.0. The van der Waals surface area contributed by atoms with Gasteiger partial charge >= 0.3 is 0 Å². The molecule has 0 saturated heterocycles. The van der Waals surface area contributed by atoms with E-state index in [2.05, 4.69) is 50.5 Å². The number of ether oxygens (including phenoxy) is 4. The minimum Gasteiger partial charge on any atom is -0.381 e. The maximum absolute atomic E-state index is 6.37. The molecule has 4 nitrogen and oxygen atoms in total. The van der Waals surface area contributed by atoms with Gasteiger partial charge in [0.25, 0.3) is 0 Å². The first kappa shape index (κ1) is 53.0. The van der Waals surface area contributed by atoms with Gasteiger partial charge in [-0.3, -0.25) is 0 Å². The van der Waals surface area contributed by atoms with Gasteiger partial charge in [0, 0.05) is 95.5 Å². The lowest BCUT2D eigenvalue weighted by Gasteiger charge is -2.33. The zero-order valence-electron chi connectivity index (χ0n) is 29.8. The molecule has 0 aliphatic rings. The van der Waals surface area contributed by atoms with Crippen molar-refractivity contribution in [3.8, 4) is 0 Å². The largest absolute Gasteiger partial charge is 0.381 e. The maximum atomic E-state index is 6.37. The summed E-state index contributed by atoms with van der Waals surface area (Å²) in [5.41, 5.74) is -0.291. The summed E-state index contributed by atoms with van der Waals surface area (Å²) in [6, 6.07) is 0. The first-order valence-electron chi connectivity index (χ1n) is 17.6. The Balaban J connectivity index is 4.87. The molecule has 0 radical (unpaired) electrons. The van der Waals surface area contributed by atoms with Crippen molar-refractivity contribution in [2.45, 2.75) is 25.7 Å². The molecule has 0 rings (SSSR count). The number of thioether (sulfide) groups is 8. The van der Waals surface area contributed by atoms with Crippen molar-refractivity contribution >= 4 is 145 Å². The van der Waals surface area contributed by atoms with E-state index < -0.39 is 0 Å². The fourth-order valence-corrected chi connectivity index (χ4v) is 12.8. The molecule has 0 aromatic carbocycles. The van der Waals surface area contributed by atoms with Crippen LogP contribution >= 0.6 is 145 Å². The SMILES string of the molecule is SCCSCCSCCCOCC(COCCCSCCSCCS)(COCCCSCCSCCS)COCCCSCCSCCS. The Kier molecular flexibility index (Phi) is 50.2. The van der Waals surface area contributed by atoms with Gasteiger partial charge in [0.1, 0.15) is 0 Å². The molecule has 0 bridgehead atoms.